The van der Waals surface area contributed by atoms with Crippen LogP contribution >= 0.6 is 0 Å². The molecule has 0 amide bonds. The molecule has 2 saturated heterocycles. The molecule has 0 bridgehead atoms. The second-order valence-corrected chi connectivity index (χ2v) is 6.49. The van der Waals surface area contributed by atoms with Crippen LogP contribution < -0.4 is 5.32 Å². The third-order valence-electron chi connectivity index (χ3n) is 3.24. The van der Waals surface area contributed by atoms with Crippen molar-refractivity contribution < 1.29 is 8.42 Å². The average molecular weight is 203 g/mol. The fourth-order valence-corrected chi connectivity index (χ4v) is 4.76. The molecule has 0 aromatic heterocycles. The van der Waals surface area contributed by atoms with E-state index in [2.05, 4.69) is 5.32 Å². The molecular weight excluding hydrogens is 186 g/mol. The highest BCUT2D eigenvalue weighted by molar-refractivity contribution is 7.92. The van der Waals surface area contributed by atoms with E-state index < -0.39 is 9.84 Å². The molecule has 2 heterocycles. The van der Waals surface area contributed by atoms with E-state index in [0.717, 1.165) is 38.8 Å². The van der Waals surface area contributed by atoms with Gasteiger partial charge in [0.1, 0.15) is 0 Å². The Hall–Kier alpha value is -0.0900. The molecule has 0 radical (unpaired) electrons. The van der Waals surface area contributed by atoms with E-state index in [1.54, 1.807) is 0 Å². The van der Waals surface area contributed by atoms with Crippen LogP contribution in [0.3, 0.4) is 0 Å². The van der Waals surface area contributed by atoms with Gasteiger partial charge >= 0.3 is 0 Å². The van der Waals surface area contributed by atoms with Gasteiger partial charge < -0.3 is 5.32 Å². The Morgan fingerprint density at radius 3 is 2.54 bits per heavy atom. The van der Waals surface area contributed by atoms with Crippen molar-refractivity contribution in [3.63, 3.8) is 0 Å². The maximum atomic E-state index is 11.6. The second kappa shape index (κ2) is 3.58. The first-order valence-electron chi connectivity index (χ1n) is 5.12. The molecule has 0 aromatic carbocycles. The number of piperidine rings is 1. The van der Waals surface area contributed by atoms with Crippen molar-refractivity contribution in [3.8, 4) is 0 Å². The molecule has 2 aliphatic rings. The molecule has 13 heavy (non-hydrogen) atoms. The minimum atomic E-state index is -2.73. The smallest absolute Gasteiger partial charge is 0.153 e. The fraction of sp³-hybridized carbons (Fsp3) is 1.00. The molecule has 0 spiro atoms. The maximum Gasteiger partial charge on any atom is 0.153 e. The van der Waals surface area contributed by atoms with Gasteiger partial charge in [-0.2, -0.15) is 0 Å². The van der Waals surface area contributed by atoms with E-state index in [0.29, 0.717) is 11.7 Å². The lowest BCUT2D eigenvalue weighted by atomic mass is 9.94. The third-order valence-corrected chi connectivity index (χ3v) is 5.64. The number of nitrogens with one attached hydrogen (secondary N) is 1. The Morgan fingerprint density at radius 2 is 2.00 bits per heavy atom. The Bertz CT molecular complexity index is 267. The van der Waals surface area contributed by atoms with Gasteiger partial charge in [0.05, 0.1) is 11.0 Å². The van der Waals surface area contributed by atoms with Gasteiger partial charge in [-0.05, 0) is 44.7 Å². The Balaban J connectivity index is 2.07. The second-order valence-electron chi connectivity index (χ2n) is 4.15. The number of sulfone groups is 1. The zero-order valence-electron chi connectivity index (χ0n) is 7.83. The van der Waals surface area contributed by atoms with Crippen molar-refractivity contribution in [3.05, 3.63) is 0 Å². The number of hydrogen-bond donors (Lipinski definition) is 1. The van der Waals surface area contributed by atoms with Crippen LogP contribution in [0.15, 0.2) is 0 Å². The van der Waals surface area contributed by atoms with Crippen LogP contribution in [-0.4, -0.2) is 32.5 Å². The van der Waals surface area contributed by atoms with E-state index in [4.69, 9.17) is 0 Å². The maximum absolute atomic E-state index is 11.6. The standard InChI is InChI=1S/C9H17NO2S/c11-13(12)6-2-4-9(13)8-3-1-5-10-7-8/h8-10H,1-7H2. The Labute approximate surface area is 79.8 Å². The highest BCUT2D eigenvalue weighted by Gasteiger charge is 2.37. The summed E-state index contributed by atoms with van der Waals surface area (Å²) in [5.41, 5.74) is 0. The highest BCUT2D eigenvalue weighted by Crippen LogP contribution is 2.30. The van der Waals surface area contributed by atoms with Crippen LogP contribution in [0.4, 0.5) is 0 Å². The molecule has 2 rings (SSSR count). The predicted octanol–water partition coefficient (Wildman–Crippen LogP) is 0.563. The molecular formula is C9H17NO2S. The molecule has 1 N–H and O–H groups in total. The molecule has 3 nitrogen and oxygen atoms in total. The summed E-state index contributed by atoms with van der Waals surface area (Å²) in [6, 6.07) is 0. The van der Waals surface area contributed by atoms with Crippen LogP contribution in [0.1, 0.15) is 25.7 Å². The summed E-state index contributed by atoms with van der Waals surface area (Å²) >= 11 is 0. The first-order valence-corrected chi connectivity index (χ1v) is 6.84. The van der Waals surface area contributed by atoms with Gasteiger partial charge in [-0.1, -0.05) is 0 Å². The zero-order chi connectivity index (χ0) is 9.31. The van der Waals surface area contributed by atoms with Crippen molar-refractivity contribution >= 4 is 9.84 Å². The molecule has 76 valence electrons. The topological polar surface area (TPSA) is 46.2 Å². The normalized spacial score (nSPS) is 39.1. The Morgan fingerprint density at radius 1 is 1.15 bits per heavy atom. The van der Waals surface area contributed by atoms with Crippen molar-refractivity contribution in [1.29, 1.82) is 0 Å². The summed E-state index contributed by atoms with van der Waals surface area (Å²) in [6.45, 7) is 1.97. The highest BCUT2D eigenvalue weighted by atomic mass is 32.2. The summed E-state index contributed by atoms with van der Waals surface area (Å²) in [4.78, 5) is 0. The first kappa shape index (κ1) is 9.46. The summed E-state index contributed by atoms with van der Waals surface area (Å²) in [5.74, 6) is 0.815. The van der Waals surface area contributed by atoms with Gasteiger partial charge in [0.25, 0.3) is 0 Å². The third kappa shape index (κ3) is 1.89. The van der Waals surface area contributed by atoms with Crippen molar-refractivity contribution in [2.45, 2.75) is 30.9 Å². The predicted molar refractivity (Wildman–Crippen MR) is 52.4 cm³/mol. The van der Waals surface area contributed by atoms with Crippen LogP contribution in [0, 0.1) is 5.92 Å². The van der Waals surface area contributed by atoms with Gasteiger partial charge in [0.15, 0.2) is 9.84 Å². The molecule has 2 unspecified atom stereocenters. The van der Waals surface area contributed by atoms with Crippen LogP contribution in [0.25, 0.3) is 0 Å². The molecule has 2 atom stereocenters. The molecule has 0 aliphatic carbocycles. The lowest BCUT2D eigenvalue weighted by Crippen LogP contribution is -2.38. The molecule has 0 saturated carbocycles. The lowest BCUT2D eigenvalue weighted by molar-refractivity contribution is 0.356. The van der Waals surface area contributed by atoms with Gasteiger partial charge in [-0.3, -0.25) is 0 Å². The SMILES string of the molecule is O=S1(=O)CCCC1C1CCCNC1. The largest absolute Gasteiger partial charge is 0.316 e. The van der Waals surface area contributed by atoms with Crippen LogP contribution in [0.2, 0.25) is 0 Å². The summed E-state index contributed by atoms with van der Waals surface area (Å²) in [5, 5.41) is 3.26. The quantitative estimate of drug-likeness (QED) is 0.677. The van der Waals surface area contributed by atoms with Crippen molar-refractivity contribution in [2.75, 3.05) is 18.8 Å². The lowest BCUT2D eigenvalue weighted by Gasteiger charge is -2.27. The average Bonchev–Trinajstić information content (AvgIpc) is 2.47. The van der Waals surface area contributed by atoms with Crippen molar-refractivity contribution in [2.24, 2.45) is 5.92 Å². The number of hydrogen-bond acceptors (Lipinski definition) is 3. The zero-order valence-corrected chi connectivity index (χ0v) is 8.65. The monoisotopic (exact) mass is 203 g/mol. The Kier molecular flexibility index (Phi) is 2.60. The van der Waals surface area contributed by atoms with E-state index in [1.165, 1.54) is 0 Å². The molecule has 2 aliphatic heterocycles. The van der Waals surface area contributed by atoms with Gasteiger partial charge in [-0.25, -0.2) is 8.42 Å². The van der Waals surface area contributed by atoms with E-state index in [-0.39, 0.29) is 5.25 Å². The molecule has 2 fully saturated rings. The molecule has 0 aromatic rings. The van der Waals surface area contributed by atoms with Gasteiger partial charge in [0.2, 0.25) is 0 Å². The van der Waals surface area contributed by atoms with Crippen molar-refractivity contribution in [1.82, 2.24) is 5.32 Å². The summed E-state index contributed by atoms with van der Waals surface area (Å²) in [6.07, 6.45) is 4.01. The molecule has 4 heteroatoms. The van der Waals surface area contributed by atoms with Crippen LogP contribution in [-0.2, 0) is 9.84 Å². The summed E-state index contributed by atoms with van der Waals surface area (Å²) in [7, 11) is -2.73. The van der Waals surface area contributed by atoms with E-state index in [1.807, 2.05) is 0 Å². The first-order chi connectivity index (χ1) is 6.20. The summed E-state index contributed by atoms with van der Waals surface area (Å²) < 4.78 is 23.3. The van der Waals surface area contributed by atoms with Gasteiger partial charge in [0, 0.05) is 0 Å². The fourth-order valence-electron chi connectivity index (χ4n) is 2.54. The minimum Gasteiger partial charge on any atom is -0.316 e. The van der Waals surface area contributed by atoms with Crippen LogP contribution in [0.5, 0.6) is 0 Å². The number of rotatable bonds is 1. The van der Waals surface area contributed by atoms with E-state index >= 15 is 0 Å². The minimum absolute atomic E-state index is 0.0275. The van der Waals surface area contributed by atoms with E-state index in [9.17, 15) is 8.42 Å². The van der Waals surface area contributed by atoms with Gasteiger partial charge in [-0.15, -0.1) is 0 Å².